The van der Waals surface area contributed by atoms with Gasteiger partial charge in [0.1, 0.15) is 0 Å². The van der Waals surface area contributed by atoms with Crippen molar-refractivity contribution in [1.82, 2.24) is 15.2 Å². The topological polar surface area (TPSA) is 45.2 Å². The summed E-state index contributed by atoms with van der Waals surface area (Å²) in [6, 6.07) is 14.2. The maximum atomic E-state index is 12.6. The Balaban J connectivity index is 1.53. The van der Waals surface area contributed by atoms with Crippen molar-refractivity contribution in [1.29, 1.82) is 0 Å². The molecule has 0 aliphatic carbocycles. The maximum Gasteiger partial charge on any atom is 0.251 e. The Hall–Kier alpha value is -2.20. The van der Waals surface area contributed by atoms with Gasteiger partial charge in [0.2, 0.25) is 0 Å². The minimum absolute atomic E-state index is 0.0468. The van der Waals surface area contributed by atoms with Crippen LogP contribution in [0.5, 0.6) is 0 Å². The Kier molecular flexibility index (Phi) is 4.30. The number of amides is 1. The van der Waals surface area contributed by atoms with E-state index in [2.05, 4.69) is 21.3 Å². The third-order valence-corrected chi connectivity index (χ3v) is 5.47. The molecule has 1 aromatic carbocycles. The second-order valence-corrected chi connectivity index (χ2v) is 6.87. The van der Waals surface area contributed by atoms with Crippen LogP contribution in [0.15, 0.2) is 54.9 Å². The van der Waals surface area contributed by atoms with Crippen molar-refractivity contribution in [2.75, 3.05) is 13.1 Å². The quantitative estimate of drug-likeness (QED) is 0.941. The first-order chi connectivity index (χ1) is 11.8. The van der Waals surface area contributed by atoms with Gasteiger partial charge in [0.25, 0.3) is 5.91 Å². The smallest absolute Gasteiger partial charge is 0.251 e. The minimum atomic E-state index is 0.0468. The van der Waals surface area contributed by atoms with Crippen LogP contribution < -0.4 is 5.32 Å². The Morgan fingerprint density at radius 2 is 1.92 bits per heavy atom. The molecule has 3 aliphatic rings. The van der Waals surface area contributed by atoms with Crippen LogP contribution in [-0.2, 0) is 6.42 Å². The van der Waals surface area contributed by atoms with Crippen LogP contribution in [0.25, 0.3) is 0 Å². The number of rotatable bonds is 4. The molecule has 3 fully saturated rings. The Morgan fingerprint density at radius 1 is 1.12 bits per heavy atom. The third kappa shape index (κ3) is 3.06. The van der Waals surface area contributed by atoms with Gasteiger partial charge in [-0.2, -0.15) is 0 Å². The van der Waals surface area contributed by atoms with Crippen LogP contribution in [0, 0.1) is 5.92 Å². The van der Waals surface area contributed by atoms with Crippen molar-refractivity contribution < 1.29 is 4.79 Å². The van der Waals surface area contributed by atoms with Gasteiger partial charge in [-0.15, -0.1) is 0 Å². The molecule has 2 aromatic rings. The summed E-state index contributed by atoms with van der Waals surface area (Å²) in [6.07, 6.45) is 7.07. The Morgan fingerprint density at radius 3 is 2.62 bits per heavy atom. The zero-order valence-electron chi connectivity index (χ0n) is 13.8. The fourth-order valence-electron chi connectivity index (χ4n) is 4.21. The summed E-state index contributed by atoms with van der Waals surface area (Å²) in [7, 11) is 0. The largest absolute Gasteiger partial charge is 0.347 e. The lowest BCUT2D eigenvalue weighted by Gasteiger charge is -2.51. The van der Waals surface area contributed by atoms with E-state index in [1.165, 1.54) is 18.4 Å². The van der Waals surface area contributed by atoms with E-state index >= 15 is 0 Å². The molecule has 24 heavy (non-hydrogen) atoms. The van der Waals surface area contributed by atoms with E-state index in [4.69, 9.17) is 0 Å². The molecule has 5 rings (SSSR count). The summed E-state index contributed by atoms with van der Waals surface area (Å²) >= 11 is 0. The summed E-state index contributed by atoms with van der Waals surface area (Å²) in [4.78, 5) is 19.4. The van der Waals surface area contributed by atoms with Gasteiger partial charge >= 0.3 is 0 Å². The van der Waals surface area contributed by atoms with Gasteiger partial charge in [-0.05, 0) is 62.0 Å². The number of carbonyl (C=O) groups is 1. The molecule has 2 atom stereocenters. The number of pyridine rings is 1. The molecule has 4 heterocycles. The number of aromatic nitrogens is 1. The van der Waals surface area contributed by atoms with E-state index in [0.717, 1.165) is 25.1 Å². The highest BCUT2D eigenvalue weighted by Crippen LogP contribution is 2.34. The summed E-state index contributed by atoms with van der Waals surface area (Å²) in [5, 5.41) is 3.34. The predicted molar refractivity (Wildman–Crippen MR) is 93.7 cm³/mol. The highest BCUT2D eigenvalue weighted by atomic mass is 16.1. The van der Waals surface area contributed by atoms with E-state index in [-0.39, 0.29) is 11.9 Å². The lowest BCUT2D eigenvalue weighted by molar-refractivity contribution is 0.0136. The van der Waals surface area contributed by atoms with Crippen molar-refractivity contribution in [3.8, 4) is 0 Å². The Labute approximate surface area is 142 Å². The summed E-state index contributed by atoms with van der Waals surface area (Å²) in [5.74, 6) is 0.634. The standard InChI is InChI=1S/C20H23N3O/c24-20(17-6-2-1-3-7-17)22-19-16-8-11-23(12-9-16)18(19)13-15-5-4-10-21-14-15/h1-7,10,14,16,18-19H,8-9,11-13H2,(H,22,24)/t18?,19-/m1/s1. The highest BCUT2D eigenvalue weighted by molar-refractivity contribution is 5.94. The Bertz CT molecular complexity index is 681. The first-order valence-corrected chi connectivity index (χ1v) is 8.80. The molecule has 1 amide bonds. The van der Waals surface area contributed by atoms with Gasteiger partial charge < -0.3 is 5.32 Å². The number of hydrogen-bond donors (Lipinski definition) is 1. The highest BCUT2D eigenvalue weighted by Gasteiger charge is 2.42. The van der Waals surface area contributed by atoms with Crippen molar-refractivity contribution in [2.24, 2.45) is 5.92 Å². The van der Waals surface area contributed by atoms with Crippen molar-refractivity contribution in [2.45, 2.75) is 31.3 Å². The summed E-state index contributed by atoms with van der Waals surface area (Å²) in [5.41, 5.74) is 1.99. The zero-order valence-corrected chi connectivity index (χ0v) is 13.8. The number of hydrogen-bond acceptors (Lipinski definition) is 3. The molecule has 0 spiro atoms. The number of nitrogens with one attached hydrogen (secondary N) is 1. The van der Waals surface area contributed by atoms with Gasteiger partial charge in [0.05, 0.1) is 0 Å². The normalized spacial score (nSPS) is 28.5. The van der Waals surface area contributed by atoms with Gasteiger partial charge in [-0.25, -0.2) is 0 Å². The van der Waals surface area contributed by atoms with E-state index in [1.54, 1.807) is 0 Å². The zero-order chi connectivity index (χ0) is 16.4. The van der Waals surface area contributed by atoms with Crippen molar-refractivity contribution in [3.63, 3.8) is 0 Å². The van der Waals surface area contributed by atoms with E-state index in [9.17, 15) is 4.79 Å². The van der Waals surface area contributed by atoms with Crippen molar-refractivity contribution >= 4 is 5.91 Å². The van der Waals surface area contributed by atoms with Gasteiger partial charge in [-0.3, -0.25) is 14.7 Å². The first-order valence-electron chi connectivity index (χ1n) is 8.80. The van der Waals surface area contributed by atoms with Crippen LogP contribution in [0.1, 0.15) is 28.8 Å². The molecule has 1 unspecified atom stereocenters. The molecule has 0 radical (unpaired) electrons. The SMILES string of the molecule is O=C(N[C@@H]1C2CCN(CC2)C1Cc1cccnc1)c1ccccc1. The summed E-state index contributed by atoms with van der Waals surface area (Å²) < 4.78 is 0. The average molecular weight is 321 g/mol. The molecule has 0 saturated carbocycles. The van der Waals surface area contributed by atoms with Gasteiger partial charge in [0, 0.05) is 30.0 Å². The van der Waals surface area contributed by atoms with E-state index < -0.39 is 0 Å². The monoisotopic (exact) mass is 321 g/mol. The van der Waals surface area contributed by atoms with Crippen LogP contribution in [-0.4, -0.2) is 41.0 Å². The van der Waals surface area contributed by atoms with Crippen LogP contribution in [0.4, 0.5) is 0 Å². The third-order valence-electron chi connectivity index (χ3n) is 5.47. The molecule has 3 aliphatic heterocycles. The predicted octanol–water partition coefficient (Wildman–Crippen LogP) is 2.52. The van der Waals surface area contributed by atoms with Gasteiger partial charge in [0.15, 0.2) is 0 Å². The molecule has 1 N–H and O–H groups in total. The average Bonchev–Trinajstić information content (AvgIpc) is 2.66. The van der Waals surface area contributed by atoms with Gasteiger partial charge in [-0.1, -0.05) is 24.3 Å². The van der Waals surface area contributed by atoms with Crippen molar-refractivity contribution in [3.05, 3.63) is 66.0 Å². The fraction of sp³-hybridized carbons (Fsp3) is 0.400. The second kappa shape index (κ2) is 6.73. The fourth-order valence-corrected chi connectivity index (χ4v) is 4.21. The molecule has 4 nitrogen and oxygen atoms in total. The molecule has 2 bridgehead atoms. The molecule has 124 valence electrons. The number of piperidine rings is 3. The maximum absolute atomic E-state index is 12.6. The number of fused-ring (bicyclic) bond motifs is 3. The van der Waals surface area contributed by atoms with Crippen LogP contribution >= 0.6 is 0 Å². The minimum Gasteiger partial charge on any atom is -0.347 e. The molecule has 1 aromatic heterocycles. The molecular weight excluding hydrogens is 298 g/mol. The molecule has 3 saturated heterocycles. The molecule has 4 heteroatoms. The van der Waals surface area contributed by atoms with E-state index in [0.29, 0.717) is 12.0 Å². The summed E-state index contributed by atoms with van der Waals surface area (Å²) in [6.45, 7) is 2.29. The number of nitrogens with zero attached hydrogens (tertiary/aromatic N) is 2. The lowest BCUT2D eigenvalue weighted by Crippen LogP contribution is -2.64. The second-order valence-electron chi connectivity index (χ2n) is 6.87. The number of carbonyl (C=O) groups excluding carboxylic acids is 1. The van der Waals surface area contributed by atoms with E-state index in [1.807, 2.05) is 48.8 Å². The lowest BCUT2D eigenvalue weighted by atomic mass is 9.76. The van der Waals surface area contributed by atoms with Crippen LogP contribution in [0.2, 0.25) is 0 Å². The first kappa shape index (κ1) is 15.3. The molecular formula is C20H23N3O. The number of benzene rings is 1. The van der Waals surface area contributed by atoms with Crippen LogP contribution in [0.3, 0.4) is 0 Å².